The lowest BCUT2D eigenvalue weighted by molar-refractivity contribution is 0.319. The maximum Gasteiger partial charge on any atom is 0.195 e. The van der Waals surface area contributed by atoms with Crippen molar-refractivity contribution >= 4 is 21.6 Å². The van der Waals surface area contributed by atoms with Gasteiger partial charge in [0.15, 0.2) is 20.8 Å². The lowest BCUT2D eigenvalue weighted by Gasteiger charge is -2.16. The average molecular weight is 461 g/mol. The lowest BCUT2D eigenvalue weighted by atomic mass is 10.3. The summed E-state index contributed by atoms with van der Waals surface area (Å²) in [6.45, 7) is 2.90. The molecule has 1 saturated heterocycles. The van der Waals surface area contributed by atoms with Gasteiger partial charge in [0.25, 0.3) is 0 Å². The zero-order valence-corrected chi connectivity index (χ0v) is 18.8. The van der Waals surface area contributed by atoms with Gasteiger partial charge in [-0.2, -0.15) is 0 Å². The molecule has 0 unspecified atom stereocenters. The number of halogens is 1. The maximum absolute atomic E-state index is 13.1. The van der Waals surface area contributed by atoms with E-state index in [1.807, 2.05) is 30.3 Å². The predicted molar refractivity (Wildman–Crippen MR) is 120 cm³/mol. The number of thioether (sulfide) groups is 1. The minimum atomic E-state index is -3.43. The number of benzene rings is 2. The Labute approximate surface area is 186 Å². The number of nitrogens with zero attached hydrogens (tertiary/aromatic N) is 4. The van der Waals surface area contributed by atoms with Gasteiger partial charge in [0.2, 0.25) is 0 Å². The molecule has 1 fully saturated rings. The third kappa shape index (κ3) is 5.53. The Morgan fingerprint density at radius 3 is 2.39 bits per heavy atom. The first-order valence-electron chi connectivity index (χ1n) is 10.4. The molecule has 164 valence electrons. The van der Waals surface area contributed by atoms with E-state index in [0.29, 0.717) is 12.2 Å². The van der Waals surface area contributed by atoms with Crippen molar-refractivity contribution < 1.29 is 12.8 Å². The van der Waals surface area contributed by atoms with Gasteiger partial charge in [0, 0.05) is 11.4 Å². The van der Waals surface area contributed by atoms with Crippen LogP contribution < -0.4 is 0 Å². The van der Waals surface area contributed by atoms with Gasteiger partial charge in [-0.15, -0.1) is 10.2 Å². The summed E-state index contributed by atoms with van der Waals surface area (Å²) in [5, 5.41) is 9.59. The van der Waals surface area contributed by atoms with Crippen LogP contribution in [0.4, 0.5) is 4.39 Å². The molecular formula is C22H25FN4O2S2. The second-order valence-corrected chi connectivity index (χ2v) is 10.7. The molecule has 4 rings (SSSR count). The van der Waals surface area contributed by atoms with Gasteiger partial charge >= 0.3 is 0 Å². The quantitative estimate of drug-likeness (QED) is 0.274. The van der Waals surface area contributed by atoms with Gasteiger partial charge in [-0.1, -0.05) is 30.0 Å². The molecule has 2 heterocycles. The molecule has 2 aromatic carbocycles. The fourth-order valence-electron chi connectivity index (χ4n) is 3.65. The minimum absolute atomic E-state index is 0.00570. The number of para-hydroxylation sites is 1. The van der Waals surface area contributed by atoms with Gasteiger partial charge < -0.3 is 0 Å². The number of aromatic nitrogens is 3. The molecule has 0 amide bonds. The molecule has 1 aliphatic heterocycles. The molecule has 0 radical (unpaired) electrons. The second kappa shape index (κ2) is 9.93. The van der Waals surface area contributed by atoms with Crippen LogP contribution in [0.5, 0.6) is 0 Å². The van der Waals surface area contributed by atoms with E-state index in [-0.39, 0.29) is 10.6 Å². The first kappa shape index (κ1) is 22.0. The molecular weight excluding hydrogens is 435 g/mol. The fourth-order valence-corrected chi connectivity index (χ4v) is 6.05. The van der Waals surface area contributed by atoms with Crippen LogP contribution in [0.2, 0.25) is 0 Å². The number of hydrogen-bond donors (Lipinski definition) is 0. The van der Waals surface area contributed by atoms with E-state index in [4.69, 9.17) is 0 Å². The van der Waals surface area contributed by atoms with E-state index in [9.17, 15) is 12.8 Å². The average Bonchev–Trinajstić information content (AvgIpc) is 3.42. The van der Waals surface area contributed by atoms with E-state index in [2.05, 4.69) is 19.7 Å². The summed E-state index contributed by atoms with van der Waals surface area (Å²) >= 11 is 1.51. The SMILES string of the molecule is O=S(=O)(CCCSc1nnc(CN2CCCC2)n1-c1ccccc1)c1ccc(F)cc1. The van der Waals surface area contributed by atoms with Gasteiger partial charge in [-0.05, 0) is 68.8 Å². The highest BCUT2D eigenvalue weighted by molar-refractivity contribution is 7.99. The molecule has 0 bridgehead atoms. The van der Waals surface area contributed by atoms with Gasteiger partial charge in [0.1, 0.15) is 5.82 Å². The number of likely N-dealkylation sites (tertiary alicyclic amines) is 1. The van der Waals surface area contributed by atoms with Crippen molar-refractivity contribution in [3.05, 3.63) is 66.2 Å². The van der Waals surface area contributed by atoms with Crippen molar-refractivity contribution in [2.75, 3.05) is 24.6 Å². The summed E-state index contributed by atoms with van der Waals surface area (Å²) in [7, 11) is -3.43. The topological polar surface area (TPSA) is 68.1 Å². The smallest absolute Gasteiger partial charge is 0.195 e. The summed E-state index contributed by atoms with van der Waals surface area (Å²) < 4.78 is 40.1. The normalized spacial score (nSPS) is 14.9. The van der Waals surface area contributed by atoms with E-state index >= 15 is 0 Å². The summed E-state index contributed by atoms with van der Waals surface area (Å²) in [6, 6.07) is 15.0. The summed E-state index contributed by atoms with van der Waals surface area (Å²) in [4.78, 5) is 2.53. The van der Waals surface area contributed by atoms with Crippen molar-refractivity contribution in [3.8, 4) is 5.69 Å². The summed E-state index contributed by atoms with van der Waals surface area (Å²) in [5.74, 6) is 1.05. The Morgan fingerprint density at radius 1 is 0.968 bits per heavy atom. The molecule has 3 aromatic rings. The van der Waals surface area contributed by atoms with Crippen molar-refractivity contribution in [1.82, 2.24) is 19.7 Å². The Hall–Kier alpha value is -2.23. The fraction of sp³-hybridized carbons (Fsp3) is 0.364. The van der Waals surface area contributed by atoms with Crippen LogP contribution in [0.3, 0.4) is 0 Å². The first-order valence-corrected chi connectivity index (χ1v) is 13.0. The van der Waals surface area contributed by atoms with Gasteiger partial charge in [-0.3, -0.25) is 9.47 Å². The van der Waals surface area contributed by atoms with Crippen LogP contribution in [0, 0.1) is 5.82 Å². The van der Waals surface area contributed by atoms with Crippen LogP contribution in [0.1, 0.15) is 25.1 Å². The molecule has 31 heavy (non-hydrogen) atoms. The standard InChI is InChI=1S/C22H25FN4O2S2/c23-18-9-11-20(12-10-18)31(28,29)16-6-15-30-22-25-24-21(17-26-13-4-5-14-26)27(22)19-7-2-1-3-8-19/h1-3,7-12H,4-6,13-17H2. The molecule has 0 spiro atoms. The van der Waals surface area contributed by atoms with E-state index < -0.39 is 15.7 Å². The lowest BCUT2D eigenvalue weighted by Crippen LogP contribution is -2.21. The van der Waals surface area contributed by atoms with E-state index in [1.54, 1.807) is 0 Å². The number of sulfone groups is 1. The second-order valence-electron chi connectivity index (χ2n) is 7.53. The molecule has 1 aromatic heterocycles. The third-order valence-electron chi connectivity index (χ3n) is 5.24. The maximum atomic E-state index is 13.1. The monoisotopic (exact) mass is 460 g/mol. The Morgan fingerprint density at radius 2 is 1.68 bits per heavy atom. The van der Waals surface area contributed by atoms with Crippen LogP contribution >= 0.6 is 11.8 Å². The number of hydrogen-bond acceptors (Lipinski definition) is 6. The molecule has 0 saturated carbocycles. The number of rotatable bonds is 9. The van der Waals surface area contributed by atoms with Gasteiger partial charge in [-0.25, -0.2) is 12.8 Å². The minimum Gasteiger partial charge on any atom is -0.296 e. The third-order valence-corrected chi connectivity index (χ3v) is 8.07. The largest absolute Gasteiger partial charge is 0.296 e. The highest BCUT2D eigenvalue weighted by Crippen LogP contribution is 2.25. The summed E-state index contributed by atoms with van der Waals surface area (Å²) in [5.41, 5.74) is 1.00. The van der Waals surface area contributed by atoms with Crippen molar-refractivity contribution in [2.24, 2.45) is 0 Å². The zero-order chi connectivity index (χ0) is 21.7. The first-order chi connectivity index (χ1) is 15.0. The van der Waals surface area contributed by atoms with Crippen LogP contribution in [0.25, 0.3) is 5.69 Å². The van der Waals surface area contributed by atoms with Crippen LogP contribution in [0.15, 0.2) is 64.6 Å². The molecule has 0 aliphatic carbocycles. The zero-order valence-electron chi connectivity index (χ0n) is 17.2. The molecule has 0 N–H and O–H groups in total. The molecule has 6 nitrogen and oxygen atoms in total. The Balaban J connectivity index is 1.43. The summed E-state index contributed by atoms with van der Waals surface area (Å²) in [6.07, 6.45) is 2.89. The molecule has 0 atom stereocenters. The Bertz CT molecular complexity index is 1100. The van der Waals surface area contributed by atoms with Crippen molar-refractivity contribution in [3.63, 3.8) is 0 Å². The van der Waals surface area contributed by atoms with E-state index in [0.717, 1.165) is 36.3 Å². The van der Waals surface area contributed by atoms with Gasteiger partial charge in [0.05, 0.1) is 17.2 Å². The molecule has 9 heteroatoms. The van der Waals surface area contributed by atoms with Crippen molar-refractivity contribution in [1.29, 1.82) is 0 Å². The van der Waals surface area contributed by atoms with Crippen LogP contribution in [-0.4, -0.2) is 52.7 Å². The molecule has 1 aliphatic rings. The predicted octanol–water partition coefficient (Wildman–Crippen LogP) is 3.96. The highest BCUT2D eigenvalue weighted by atomic mass is 32.2. The van der Waals surface area contributed by atoms with E-state index in [1.165, 1.54) is 48.9 Å². The Kier molecular flexibility index (Phi) is 7.04. The van der Waals surface area contributed by atoms with Crippen LogP contribution in [-0.2, 0) is 16.4 Å². The highest BCUT2D eigenvalue weighted by Gasteiger charge is 2.20. The van der Waals surface area contributed by atoms with Crippen molar-refractivity contribution in [2.45, 2.75) is 35.9 Å².